The van der Waals surface area contributed by atoms with Crippen LogP contribution in [0, 0.1) is 61.0 Å². The number of ketones is 4. The van der Waals surface area contributed by atoms with Crippen LogP contribution in [0.4, 0.5) is 8.78 Å². The number of para-hydroxylation sites is 2. The van der Waals surface area contributed by atoms with Crippen molar-refractivity contribution in [1.82, 2.24) is 39.9 Å². The van der Waals surface area contributed by atoms with Crippen LogP contribution in [-0.2, 0) is 120 Å². The first kappa shape index (κ1) is 107. The molecule has 9 aromatic carbocycles. The number of carboxylic acids is 1. The van der Waals surface area contributed by atoms with E-state index in [4.69, 9.17) is 10.1 Å². The Kier molecular flexibility index (Phi) is 49.2. The fourth-order valence-corrected chi connectivity index (χ4v) is 13.3. The molecule has 0 amide bonds. The summed E-state index contributed by atoms with van der Waals surface area (Å²) in [6.45, 7) is 7.74. The van der Waals surface area contributed by atoms with Crippen LogP contribution < -0.4 is 0 Å². The van der Waals surface area contributed by atoms with Gasteiger partial charge >= 0.3 is 5.97 Å². The van der Waals surface area contributed by atoms with Crippen LogP contribution >= 0.6 is 22.7 Å². The third-order valence-corrected chi connectivity index (χ3v) is 19.1. The Morgan fingerprint density at radius 2 is 0.698 bits per heavy atom. The van der Waals surface area contributed by atoms with Gasteiger partial charge in [0.1, 0.15) is 28.8 Å². The van der Waals surface area contributed by atoms with Gasteiger partial charge in [0.2, 0.25) is 0 Å². The molecule has 0 atom stereocenters. The van der Waals surface area contributed by atoms with Crippen molar-refractivity contribution in [2.45, 2.75) is 47.5 Å². The monoisotopic (exact) mass is 2630 g/mol. The maximum absolute atomic E-state index is 13.2. The van der Waals surface area contributed by atoms with Gasteiger partial charge in [0, 0.05) is 166 Å². The number of fused-ring (bicyclic) bond motifs is 4. The maximum atomic E-state index is 13.2. The summed E-state index contributed by atoms with van der Waals surface area (Å²) in [6.07, 6.45) is 10.3. The summed E-state index contributed by atoms with van der Waals surface area (Å²) >= 11 is 3.47. The van der Waals surface area contributed by atoms with E-state index < -0.39 is 17.6 Å². The van der Waals surface area contributed by atoms with Crippen molar-refractivity contribution >= 4 is 93.8 Å². The molecular formula is C106H81F2Ir5N8O6S2-7. The van der Waals surface area contributed by atoms with Crippen LogP contribution in [-0.4, -0.2) is 74.1 Å². The molecular weight excluding hydrogens is 2540 g/mol. The van der Waals surface area contributed by atoms with E-state index in [1.54, 1.807) is 77.8 Å². The van der Waals surface area contributed by atoms with E-state index in [0.717, 1.165) is 94.7 Å². The molecule has 19 rings (SSSR count). The van der Waals surface area contributed by atoms with Crippen LogP contribution in [0.1, 0.15) is 56.6 Å². The van der Waals surface area contributed by atoms with Crippen LogP contribution in [0.3, 0.4) is 0 Å². The third-order valence-electron chi connectivity index (χ3n) is 16.9. The van der Waals surface area contributed by atoms with E-state index in [-0.39, 0.29) is 148 Å². The van der Waals surface area contributed by atoms with Crippen LogP contribution in [0.5, 0.6) is 0 Å². The van der Waals surface area contributed by atoms with E-state index in [1.807, 2.05) is 219 Å². The molecule has 19 aromatic rings. The van der Waals surface area contributed by atoms with Crippen molar-refractivity contribution in [3.63, 3.8) is 0 Å². The van der Waals surface area contributed by atoms with Crippen molar-refractivity contribution in [2.75, 3.05) is 0 Å². The number of benzene rings is 9. The molecule has 5 radical (unpaired) electrons. The Balaban J connectivity index is 0.000000256. The molecule has 0 bridgehead atoms. The van der Waals surface area contributed by atoms with Gasteiger partial charge in [-0.25, -0.2) is 32.5 Å². The summed E-state index contributed by atoms with van der Waals surface area (Å²) in [5, 5.41) is 13.0. The summed E-state index contributed by atoms with van der Waals surface area (Å²) in [4.78, 5) is 86.4. The van der Waals surface area contributed by atoms with E-state index >= 15 is 0 Å². The average Bonchev–Trinajstić information content (AvgIpc) is 1.74. The number of nitrogens with zero attached hydrogens (tertiary/aromatic N) is 8. The number of pyridine rings is 8. The summed E-state index contributed by atoms with van der Waals surface area (Å²) < 4.78 is 28.3. The molecule has 0 unspecified atom stereocenters. The van der Waals surface area contributed by atoms with E-state index in [0.29, 0.717) is 5.69 Å². The van der Waals surface area contributed by atoms with Gasteiger partial charge < -0.3 is 30.0 Å². The Morgan fingerprint density at radius 3 is 1.07 bits per heavy atom. The van der Waals surface area contributed by atoms with Gasteiger partial charge in [0.05, 0.1) is 23.9 Å². The molecule has 0 fully saturated rings. The van der Waals surface area contributed by atoms with Gasteiger partial charge in [-0.3, -0.25) is 37.9 Å². The zero-order chi connectivity index (χ0) is 87.5. The molecule has 10 heterocycles. The second-order valence-corrected chi connectivity index (χ2v) is 28.8. The Labute approximate surface area is 825 Å². The number of carbonyl (C=O) groups is 5. The molecule has 23 heteroatoms. The number of aromatic carboxylic acids is 1. The van der Waals surface area contributed by atoms with Gasteiger partial charge in [0.15, 0.2) is 0 Å². The topological polar surface area (TPSA) is 209 Å². The Bertz CT molecular complexity index is 6120. The van der Waals surface area contributed by atoms with Crippen LogP contribution in [0.15, 0.2) is 371 Å². The largest absolute Gasteiger partial charge is 0.477 e. The SMILES string of the molecule is CC(=O)CC(C)=O.CC(=O)CC(C)=O.Cc1cc(-c2[c-]cccc2)nc2ccccc12.Fc1c[c-]c(-c2ccccn2)c(F)c1.O=C(O)c1ccccn1.[Ir].[Ir].[Ir].[Ir].[Ir].[c-]1c(-c2ccc3ccccc3n2)sc2ccccc12.[c-]1c(-c2ccccn2)sc2ccccc12.[c-]1ccccc1-c1ccccn1.[c-]1ccccc1-c1ccccn1.[c-]1ccccc1-c1ccccn1. The number of aryl methyl sites for hydroxylation is 1. The van der Waals surface area contributed by atoms with Gasteiger partial charge in [-0.2, -0.15) is 0 Å². The standard InChI is InChI=1S/C17H10NS.C16H12N.C13H8NS.C11H6F2N.3C11H8N.C6H5NO2.2C5H8O2.5Ir/c1-3-7-14-12(5-1)9-10-15(18-14)17-11-13-6-2-4-8-16(13)19-17;1-12-11-16(13-7-3-2-4-8-13)17-15-10-6-5-9-14(12)15;1-2-7-12-10(5-1)9-13(15-12)11-6-3-4-8-14-11;12-8-4-5-9(10(13)7-8)11-3-1-2-6-14-11;3*1-2-6-10(7-3-1)11-8-4-5-9-12-11;8-6(9)5-3-1-2-4-7-5;2*1-4(6)3-5(2)7;;;;;/h1-10H;2-7,9-11H,1H3;1-8H;1-4,6-7H;3*1-6,8-9H;1-4H,(H,8,9);2*3H2,1-2H3;;;;;/q7*-1;;;;;;;;. The quantitative estimate of drug-likeness (QED) is 0.0892. The van der Waals surface area contributed by atoms with Crippen LogP contribution in [0.25, 0.3) is 119 Å². The Hall–Kier alpha value is -12.1. The molecule has 0 aliphatic rings. The first-order chi connectivity index (χ1) is 60.4. The van der Waals surface area contributed by atoms with Crippen molar-refractivity contribution in [3.8, 4) is 77.4 Å². The van der Waals surface area contributed by atoms with Gasteiger partial charge in [-0.15, -0.1) is 203 Å². The molecule has 0 spiro atoms. The molecule has 0 aliphatic heterocycles. The first-order valence-electron chi connectivity index (χ1n) is 38.9. The van der Waals surface area contributed by atoms with Gasteiger partial charge in [-0.05, 0) is 148 Å². The first-order valence-corrected chi connectivity index (χ1v) is 40.5. The van der Waals surface area contributed by atoms with Crippen molar-refractivity contribution in [3.05, 3.63) is 436 Å². The fraction of sp³-hybridized carbons (Fsp3) is 0.0660. The summed E-state index contributed by atoms with van der Waals surface area (Å²) in [5.74, 6) is -2.53. The zero-order valence-electron chi connectivity index (χ0n) is 69.9. The number of carbonyl (C=O) groups excluding carboxylic acids is 4. The van der Waals surface area contributed by atoms with Gasteiger partial charge in [-0.1, -0.05) is 157 Å². The normalized spacial score (nSPS) is 9.60. The van der Waals surface area contributed by atoms with E-state index in [2.05, 4.69) is 157 Å². The Morgan fingerprint density at radius 1 is 0.341 bits per heavy atom. The molecule has 0 aliphatic carbocycles. The zero-order valence-corrected chi connectivity index (χ0v) is 83.5. The van der Waals surface area contributed by atoms with Gasteiger partial charge in [0.25, 0.3) is 0 Å². The van der Waals surface area contributed by atoms with Crippen LogP contribution in [0.2, 0.25) is 0 Å². The smallest absolute Gasteiger partial charge is 0.354 e. The molecule has 14 nitrogen and oxygen atoms in total. The molecule has 10 aromatic heterocycles. The van der Waals surface area contributed by atoms with E-state index in [1.165, 1.54) is 71.1 Å². The maximum Gasteiger partial charge on any atom is 0.354 e. The minimum absolute atomic E-state index is 0. The second kappa shape index (κ2) is 59.1. The minimum Gasteiger partial charge on any atom is -0.477 e. The molecule has 129 heavy (non-hydrogen) atoms. The number of thiophene rings is 2. The van der Waals surface area contributed by atoms with Crippen molar-refractivity contribution < 1.29 is 138 Å². The predicted octanol–water partition coefficient (Wildman–Crippen LogP) is 25.0. The van der Waals surface area contributed by atoms with Crippen molar-refractivity contribution in [1.29, 1.82) is 0 Å². The fourth-order valence-electron chi connectivity index (χ4n) is 11.4. The van der Waals surface area contributed by atoms with E-state index in [9.17, 15) is 32.8 Å². The summed E-state index contributed by atoms with van der Waals surface area (Å²) in [5.41, 5.74) is 14.1. The summed E-state index contributed by atoms with van der Waals surface area (Å²) in [6, 6.07) is 128. The number of Topliss-reactive ketones (excluding diaryl/α,β-unsaturated/α-hetero) is 4. The number of rotatable bonds is 12. The average molecular weight is 2630 g/mol. The number of halogens is 2. The number of hydrogen-bond acceptors (Lipinski definition) is 15. The second-order valence-electron chi connectivity index (χ2n) is 26.7. The minimum atomic E-state index is -0.990. The molecule has 659 valence electrons. The van der Waals surface area contributed by atoms with Crippen molar-refractivity contribution in [2.24, 2.45) is 0 Å². The molecule has 0 saturated heterocycles. The number of hydrogen-bond donors (Lipinski definition) is 1. The number of aromatic nitrogens is 8. The third kappa shape index (κ3) is 36.9. The number of carboxylic acid groups (broad SMARTS) is 1. The molecule has 1 N–H and O–H groups in total. The summed E-state index contributed by atoms with van der Waals surface area (Å²) in [7, 11) is 0. The molecule has 0 saturated carbocycles. The predicted molar refractivity (Wildman–Crippen MR) is 493 cm³/mol.